The first-order valence-corrected chi connectivity index (χ1v) is 7.82. The van der Waals surface area contributed by atoms with Gasteiger partial charge in [0.2, 0.25) is 0 Å². The molecule has 0 bridgehead atoms. The predicted molar refractivity (Wildman–Crippen MR) is 107 cm³/mol. The third-order valence-corrected chi connectivity index (χ3v) is 3.15. The van der Waals surface area contributed by atoms with Crippen molar-refractivity contribution in [3.63, 3.8) is 0 Å². The van der Waals surface area contributed by atoms with E-state index in [4.69, 9.17) is 5.11 Å². The smallest absolute Gasteiger partial charge is 0.870 e. The standard InChI is InChI=1S/2C10H11NO2.2Na.2H2O/c2*1-2-7-11-9-5-3-8(4-6-9)10(12)13;;;;/h2*2-6,11H,1,7H2,(H,12,13);;;2*1H2/q;;2*+1;;/p-2. The van der Waals surface area contributed by atoms with Gasteiger partial charge in [-0.05, 0) is 42.0 Å². The maximum atomic E-state index is 10.5. The number of carboxylic acid groups (broad SMARTS) is 2. The second kappa shape index (κ2) is 20.6. The average Bonchev–Trinajstić information content (AvgIpc) is 2.66. The summed E-state index contributed by atoms with van der Waals surface area (Å²) in [6.07, 6.45) is 3.47. The molecule has 0 amide bonds. The Hall–Kier alpha value is -1.62. The molecule has 0 atom stereocenters. The Morgan fingerprint density at radius 3 is 1.43 bits per heavy atom. The first-order valence-electron chi connectivity index (χ1n) is 7.82. The molecule has 0 aliphatic rings. The van der Waals surface area contributed by atoms with Crippen molar-refractivity contribution in [1.82, 2.24) is 0 Å². The van der Waals surface area contributed by atoms with E-state index in [1.807, 2.05) is 0 Å². The Morgan fingerprint density at radius 2 is 1.17 bits per heavy atom. The number of nitrogens with one attached hydrogen (secondary N) is 2. The van der Waals surface area contributed by atoms with E-state index in [2.05, 4.69) is 23.8 Å². The topological polar surface area (TPSA) is 163 Å². The number of carbonyl (C=O) groups excluding carboxylic acids is 1. The van der Waals surface area contributed by atoms with Gasteiger partial charge in [0.15, 0.2) is 0 Å². The molecule has 0 aromatic heterocycles. The maximum Gasteiger partial charge on any atom is 1.00 e. The van der Waals surface area contributed by atoms with Crippen molar-refractivity contribution in [2.75, 3.05) is 23.7 Å². The van der Waals surface area contributed by atoms with Crippen LogP contribution in [-0.2, 0) is 0 Å². The molecule has 0 spiro atoms. The molecule has 2 aromatic carbocycles. The van der Waals surface area contributed by atoms with Crippen LogP contribution in [0.1, 0.15) is 20.7 Å². The van der Waals surface area contributed by atoms with Crippen molar-refractivity contribution >= 4 is 23.3 Å². The molecule has 0 unspecified atom stereocenters. The van der Waals surface area contributed by atoms with Gasteiger partial charge in [-0.25, -0.2) is 4.79 Å². The van der Waals surface area contributed by atoms with Crippen molar-refractivity contribution in [3.05, 3.63) is 85.0 Å². The SMILES string of the molecule is C=CCNc1ccc(C(=O)O)cc1.C=CCNc1ccc(C(=O)[O-])cc1.O.[Na+].[Na+].[OH-]. The molecule has 2 aromatic rings. The first-order chi connectivity index (χ1) is 12.5. The van der Waals surface area contributed by atoms with Crippen LogP contribution < -0.4 is 74.9 Å². The molecule has 2 rings (SSSR count). The summed E-state index contributed by atoms with van der Waals surface area (Å²) in [5.41, 5.74) is 2.24. The summed E-state index contributed by atoms with van der Waals surface area (Å²) in [6, 6.07) is 13.0. The summed E-state index contributed by atoms with van der Waals surface area (Å²) in [6.45, 7) is 8.45. The maximum absolute atomic E-state index is 10.5. The number of carbonyl (C=O) groups is 2. The van der Waals surface area contributed by atoms with Crippen molar-refractivity contribution in [2.24, 2.45) is 0 Å². The average molecular weight is 434 g/mol. The van der Waals surface area contributed by atoms with E-state index in [-0.39, 0.29) is 75.6 Å². The van der Waals surface area contributed by atoms with Gasteiger partial charge >= 0.3 is 65.1 Å². The molecule has 6 N–H and O–H groups in total. The molecule has 152 valence electrons. The number of anilines is 2. The molecule has 8 nitrogen and oxygen atoms in total. The molecule has 0 saturated heterocycles. The predicted octanol–water partition coefficient (Wildman–Crippen LogP) is -4.36. The van der Waals surface area contributed by atoms with Crippen molar-refractivity contribution in [1.29, 1.82) is 0 Å². The largest absolute Gasteiger partial charge is 1.00 e. The zero-order valence-corrected chi connectivity index (χ0v) is 21.2. The quantitative estimate of drug-likeness (QED) is 0.279. The summed E-state index contributed by atoms with van der Waals surface area (Å²) in [7, 11) is 0. The van der Waals surface area contributed by atoms with E-state index < -0.39 is 11.9 Å². The molecular formula is C20H24N2Na2O6. The summed E-state index contributed by atoms with van der Waals surface area (Å²) in [5.74, 6) is -2.06. The molecule has 30 heavy (non-hydrogen) atoms. The number of carboxylic acids is 2. The fourth-order valence-electron chi connectivity index (χ4n) is 1.83. The fourth-order valence-corrected chi connectivity index (χ4v) is 1.83. The van der Waals surface area contributed by atoms with Gasteiger partial charge in [-0.2, -0.15) is 0 Å². The van der Waals surface area contributed by atoms with E-state index >= 15 is 0 Å². The van der Waals surface area contributed by atoms with Gasteiger partial charge in [-0.3, -0.25) is 0 Å². The minimum atomic E-state index is -1.16. The Kier molecular flexibility index (Phi) is 24.6. The third kappa shape index (κ3) is 14.4. The van der Waals surface area contributed by atoms with Gasteiger partial charge in [-0.15, -0.1) is 13.2 Å². The number of hydrogen-bond acceptors (Lipinski definition) is 6. The van der Waals surface area contributed by atoms with Gasteiger partial charge in [0.1, 0.15) is 0 Å². The molecule has 0 radical (unpaired) electrons. The van der Waals surface area contributed by atoms with Crippen LogP contribution >= 0.6 is 0 Å². The fraction of sp³-hybridized carbons (Fsp3) is 0.100. The van der Waals surface area contributed by atoms with E-state index in [1.165, 1.54) is 12.1 Å². The molecule has 10 heteroatoms. The summed E-state index contributed by atoms with van der Waals surface area (Å²) < 4.78 is 0. The van der Waals surface area contributed by atoms with Gasteiger partial charge < -0.3 is 36.6 Å². The molecular weight excluding hydrogens is 410 g/mol. The van der Waals surface area contributed by atoms with Crippen molar-refractivity contribution < 1.29 is 89.9 Å². The van der Waals surface area contributed by atoms with Crippen LogP contribution in [0.4, 0.5) is 11.4 Å². The van der Waals surface area contributed by atoms with E-state index in [0.29, 0.717) is 18.7 Å². The molecule has 0 saturated carbocycles. The zero-order chi connectivity index (χ0) is 19.4. The number of benzene rings is 2. The van der Waals surface area contributed by atoms with E-state index in [1.54, 1.807) is 48.6 Å². The minimum absolute atomic E-state index is 0. The molecule has 0 fully saturated rings. The summed E-state index contributed by atoms with van der Waals surface area (Å²) in [5, 5.41) is 25.1. The van der Waals surface area contributed by atoms with Crippen LogP contribution in [0, 0.1) is 0 Å². The third-order valence-electron chi connectivity index (χ3n) is 3.15. The number of aromatic carboxylic acids is 2. The van der Waals surface area contributed by atoms with Crippen LogP contribution in [0.5, 0.6) is 0 Å². The van der Waals surface area contributed by atoms with Crippen LogP contribution in [0.25, 0.3) is 0 Å². The number of hydrogen-bond donors (Lipinski definition) is 3. The zero-order valence-electron chi connectivity index (χ0n) is 17.2. The molecule has 0 aliphatic carbocycles. The minimum Gasteiger partial charge on any atom is -0.870 e. The van der Waals surface area contributed by atoms with Crippen LogP contribution in [0.15, 0.2) is 73.8 Å². The Labute approximate surface area is 220 Å². The van der Waals surface area contributed by atoms with Crippen LogP contribution in [0.3, 0.4) is 0 Å². The Morgan fingerprint density at radius 1 is 0.833 bits per heavy atom. The van der Waals surface area contributed by atoms with Gasteiger partial charge in [-0.1, -0.05) is 24.3 Å². The normalized spacial score (nSPS) is 8.00. The van der Waals surface area contributed by atoms with E-state index in [9.17, 15) is 14.7 Å². The van der Waals surface area contributed by atoms with Crippen LogP contribution in [0.2, 0.25) is 0 Å². The second-order valence-electron chi connectivity index (χ2n) is 5.09. The summed E-state index contributed by atoms with van der Waals surface area (Å²) in [4.78, 5) is 20.9. The number of rotatable bonds is 8. The monoisotopic (exact) mass is 434 g/mol. The van der Waals surface area contributed by atoms with Crippen molar-refractivity contribution in [2.45, 2.75) is 0 Å². The summed E-state index contributed by atoms with van der Waals surface area (Å²) >= 11 is 0. The van der Waals surface area contributed by atoms with Gasteiger partial charge in [0.05, 0.1) is 11.5 Å². The Balaban J connectivity index is -0.000000199. The van der Waals surface area contributed by atoms with Crippen LogP contribution in [-0.4, -0.2) is 41.1 Å². The molecule has 0 aliphatic heterocycles. The first kappa shape index (κ1) is 35.8. The molecule has 0 heterocycles. The second-order valence-corrected chi connectivity index (χ2v) is 5.09. The van der Waals surface area contributed by atoms with Crippen molar-refractivity contribution in [3.8, 4) is 0 Å². The Bertz CT molecular complexity index is 687. The van der Waals surface area contributed by atoms with Gasteiger partial charge in [0.25, 0.3) is 0 Å². The van der Waals surface area contributed by atoms with E-state index in [0.717, 1.165) is 11.4 Å². The van der Waals surface area contributed by atoms with Gasteiger partial charge in [0, 0.05) is 24.5 Å².